The molecule has 11 rings (SSSR count). The second-order valence-electron chi connectivity index (χ2n) is 17.5. The third-order valence-corrected chi connectivity index (χ3v) is 13.0. The number of rotatable bonds is 8. The number of pyridine rings is 2. The molecule has 3 aromatic heterocycles. The van der Waals surface area contributed by atoms with Crippen LogP contribution >= 0.6 is 0 Å². The molecule has 330 valence electrons. The van der Waals surface area contributed by atoms with E-state index in [0.717, 1.165) is 101 Å². The van der Waals surface area contributed by atoms with E-state index in [1.54, 1.807) is 33.4 Å². The summed E-state index contributed by atoms with van der Waals surface area (Å²) in [7, 11) is 0. The summed E-state index contributed by atoms with van der Waals surface area (Å²) in [6.07, 6.45) is 16.8. The van der Waals surface area contributed by atoms with E-state index in [-0.39, 0.29) is 22.6 Å². The molecule has 68 heavy (non-hydrogen) atoms. The zero-order valence-electron chi connectivity index (χ0n) is 37.4. The van der Waals surface area contributed by atoms with Crippen LogP contribution in [0.5, 0.6) is 11.5 Å². The van der Waals surface area contributed by atoms with Gasteiger partial charge in [-0.2, -0.15) is 0 Å². The van der Waals surface area contributed by atoms with Gasteiger partial charge in [-0.15, -0.1) is 0 Å². The fourth-order valence-electron chi connectivity index (χ4n) is 9.48. The number of aliphatic imine (C=N–C) groups is 2. The molecule has 0 saturated heterocycles. The number of allylic oxidation sites excluding steroid dienone is 10. The lowest BCUT2D eigenvalue weighted by molar-refractivity contribution is 0.474. The lowest BCUT2D eigenvalue weighted by Gasteiger charge is -2.15. The predicted octanol–water partition coefficient (Wildman–Crippen LogP) is 10.9. The maximum absolute atomic E-state index is 12.9. The number of aromatic nitrogens is 3. The topological polar surface area (TPSA) is 125 Å². The summed E-state index contributed by atoms with van der Waals surface area (Å²) in [5, 5.41) is 20.8. The van der Waals surface area contributed by atoms with Crippen molar-refractivity contribution in [2.24, 2.45) is 9.98 Å². The molecule has 0 radical (unpaired) electrons. The fraction of sp³-hybridized carbons (Fsp3) is 0.0847. The summed E-state index contributed by atoms with van der Waals surface area (Å²) < 4.78 is 3.46. The van der Waals surface area contributed by atoms with Gasteiger partial charge in [-0.05, 0) is 138 Å². The van der Waals surface area contributed by atoms with Crippen molar-refractivity contribution in [3.63, 3.8) is 0 Å². The minimum Gasteiger partial charge on any atom is -0.508 e. The van der Waals surface area contributed by atoms with Crippen molar-refractivity contribution >= 4 is 33.7 Å². The molecular weight excluding hydrogens is 843 g/mol. The van der Waals surface area contributed by atoms with Crippen LogP contribution in [-0.2, 0) is 13.1 Å². The molecule has 3 N–H and O–H groups in total. The van der Waals surface area contributed by atoms with E-state index in [4.69, 9.17) is 9.98 Å². The van der Waals surface area contributed by atoms with Gasteiger partial charge in [0, 0.05) is 57.2 Å². The van der Waals surface area contributed by atoms with Crippen LogP contribution in [0.25, 0.3) is 22.3 Å². The van der Waals surface area contributed by atoms with Crippen molar-refractivity contribution in [1.29, 1.82) is 0 Å². The first-order valence-electron chi connectivity index (χ1n) is 22.6. The molecule has 0 atom stereocenters. The van der Waals surface area contributed by atoms with Gasteiger partial charge in [-0.25, -0.2) is 9.98 Å². The summed E-state index contributed by atoms with van der Waals surface area (Å²) in [6, 6.07) is 42.8. The van der Waals surface area contributed by atoms with Crippen LogP contribution in [0.3, 0.4) is 0 Å². The number of phenols is 2. The lowest BCUT2D eigenvalue weighted by Crippen LogP contribution is -2.21. The number of H-pyrrole nitrogens is 1. The molecule has 0 fully saturated rings. The molecule has 8 bridgehead atoms. The standard InChI is InChI=1S/C59H45N5O4/c1-36-5-3-31-63(58(36)67)34-38-7-11-40(12-8-38)54-44-15-16-45(33-44)55(41-17-21-46(65)22-18-41)49-26-27-50(61-49)56(42-13-9-39(10-14-42)35-64-32-4-6-37(2)59(64)68)52-29-30-53(62-52)57(51-28-25-48(54)60-51)43-19-23-47(66)24-20-43/h3-32,62,65-66H,33-35H2,1-2H3. The zero-order chi connectivity index (χ0) is 46.5. The average Bonchev–Trinajstić information content (AvgIpc) is 4.20. The van der Waals surface area contributed by atoms with Gasteiger partial charge < -0.3 is 24.3 Å². The SMILES string of the molecule is Cc1cccn(Cc2ccc(C3=C4C=CC(=C(c5ccc(O)cc5)C5=NC(=C(c6ccc(Cn7cccc(C)c7=O)cc6)c6ccc([nH]6)C(c6ccc(O)cc6)=C6C=CC3=N6)C=C5)C4)cc2)c1=O. The summed E-state index contributed by atoms with van der Waals surface area (Å²) in [4.78, 5) is 40.5. The highest BCUT2D eigenvalue weighted by Gasteiger charge is 2.27. The van der Waals surface area contributed by atoms with E-state index in [1.807, 2.05) is 74.8 Å². The highest BCUT2D eigenvalue weighted by atomic mass is 16.3. The van der Waals surface area contributed by atoms with Crippen LogP contribution in [0.4, 0.5) is 0 Å². The van der Waals surface area contributed by atoms with Crippen LogP contribution in [0.1, 0.15) is 62.3 Å². The Labute approximate surface area is 392 Å². The molecule has 3 aliphatic heterocycles. The normalized spacial score (nSPS) is 15.3. The molecule has 0 unspecified atom stereocenters. The Bertz CT molecular complexity index is 3620. The smallest absolute Gasteiger partial charge is 0.253 e. The monoisotopic (exact) mass is 887 g/mol. The Balaban J connectivity index is 1.10. The van der Waals surface area contributed by atoms with Gasteiger partial charge in [0.1, 0.15) is 11.5 Å². The molecule has 4 aliphatic rings. The Morgan fingerprint density at radius 1 is 0.471 bits per heavy atom. The molecule has 1 aliphatic carbocycles. The molecular formula is C59H45N5O4. The number of nitrogens with one attached hydrogen (secondary N) is 1. The number of benzene rings is 4. The average molecular weight is 888 g/mol. The Morgan fingerprint density at radius 3 is 1.26 bits per heavy atom. The van der Waals surface area contributed by atoms with Gasteiger partial charge in [-0.3, -0.25) is 9.59 Å². The largest absolute Gasteiger partial charge is 0.508 e. The molecule has 9 nitrogen and oxygen atoms in total. The highest BCUT2D eigenvalue weighted by molar-refractivity contribution is 6.34. The molecule has 6 heterocycles. The maximum Gasteiger partial charge on any atom is 0.253 e. The number of hydrogen-bond acceptors (Lipinski definition) is 6. The van der Waals surface area contributed by atoms with Crippen LogP contribution in [-0.4, -0.2) is 35.8 Å². The van der Waals surface area contributed by atoms with E-state index in [1.165, 1.54) is 0 Å². The Kier molecular flexibility index (Phi) is 10.6. The summed E-state index contributed by atoms with van der Waals surface area (Å²) in [5.74, 6) is 0.348. The molecule has 0 spiro atoms. The zero-order valence-corrected chi connectivity index (χ0v) is 37.4. The maximum atomic E-state index is 12.9. The molecule has 0 saturated carbocycles. The second kappa shape index (κ2) is 17.2. The van der Waals surface area contributed by atoms with Gasteiger partial charge >= 0.3 is 0 Å². The Morgan fingerprint density at radius 2 is 0.853 bits per heavy atom. The van der Waals surface area contributed by atoms with Gasteiger partial charge in [0.05, 0.1) is 35.9 Å². The number of nitrogens with zero attached hydrogens (tertiary/aromatic N) is 4. The summed E-state index contributed by atoms with van der Waals surface area (Å²) >= 11 is 0. The number of aromatic hydroxyl groups is 2. The third kappa shape index (κ3) is 7.90. The van der Waals surface area contributed by atoms with Crippen LogP contribution in [0.15, 0.2) is 224 Å². The number of aryl methyl sites for hydroxylation is 2. The highest BCUT2D eigenvalue weighted by Crippen LogP contribution is 2.41. The fourth-order valence-corrected chi connectivity index (χ4v) is 9.48. The predicted molar refractivity (Wildman–Crippen MR) is 272 cm³/mol. The van der Waals surface area contributed by atoms with Gasteiger partial charge in [0.25, 0.3) is 11.1 Å². The Hall–Kier alpha value is -8.82. The molecule has 0 amide bonds. The second-order valence-corrected chi connectivity index (χ2v) is 17.5. The number of hydrogen-bond donors (Lipinski definition) is 3. The van der Waals surface area contributed by atoms with E-state index < -0.39 is 0 Å². The van der Waals surface area contributed by atoms with Crippen LogP contribution < -0.4 is 11.1 Å². The van der Waals surface area contributed by atoms with Gasteiger partial charge in [0.2, 0.25) is 0 Å². The van der Waals surface area contributed by atoms with Crippen molar-refractivity contribution in [2.45, 2.75) is 33.4 Å². The van der Waals surface area contributed by atoms with E-state index in [0.29, 0.717) is 30.6 Å². The minimum atomic E-state index is -0.0132. The molecule has 9 heteroatoms. The van der Waals surface area contributed by atoms with Crippen molar-refractivity contribution < 1.29 is 10.2 Å². The first-order valence-corrected chi connectivity index (χ1v) is 22.6. The number of aromatic amines is 1. The van der Waals surface area contributed by atoms with E-state index in [9.17, 15) is 19.8 Å². The van der Waals surface area contributed by atoms with Crippen LogP contribution in [0.2, 0.25) is 0 Å². The van der Waals surface area contributed by atoms with Crippen LogP contribution in [0, 0.1) is 13.8 Å². The van der Waals surface area contributed by atoms with Crippen molar-refractivity contribution in [3.05, 3.63) is 281 Å². The van der Waals surface area contributed by atoms with Crippen molar-refractivity contribution in [3.8, 4) is 11.5 Å². The van der Waals surface area contributed by atoms with Gasteiger partial charge in [-0.1, -0.05) is 97.1 Å². The third-order valence-electron chi connectivity index (χ3n) is 13.0. The summed E-state index contributed by atoms with van der Waals surface area (Å²) in [6.45, 7) is 4.56. The number of fused-ring (bicyclic) bond motifs is 6. The molecule has 7 aromatic rings. The first kappa shape index (κ1) is 41.9. The van der Waals surface area contributed by atoms with E-state index in [2.05, 4.69) is 102 Å². The first-order chi connectivity index (χ1) is 33.1. The molecule has 4 aromatic carbocycles. The van der Waals surface area contributed by atoms with Crippen molar-refractivity contribution in [1.82, 2.24) is 14.1 Å². The quantitative estimate of drug-likeness (QED) is 0.141. The number of phenolic OH excluding ortho intramolecular Hbond substituents is 2. The van der Waals surface area contributed by atoms with E-state index >= 15 is 0 Å². The van der Waals surface area contributed by atoms with Gasteiger partial charge in [0.15, 0.2) is 0 Å². The minimum absolute atomic E-state index is 0.00834. The van der Waals surface area contributed by atoms with Crippen molar-refractivity contribution in [2.75, 3.05) is 0 Å². The summed E-state index contributed by atoms with van der Waals surface area (Å²) in [5.41, 5.74) is 17.8. The lowest BCUT2D eigenvalue weighted by atomic mass is 9.91.